The van der Waals surface area contributed by atoms with Gasteiger partial charge >= 0.3 is 5.97 Å². The number of hydrogen-bond acceptors (Lipinski definition) is 5. The third kappa shape index (κ3) is 49.8. The first-order valence-electron chi connectivity index (χ1n) is 29.0. The van der Waals surface area contributed by atoms with Crippen molar-refractivity contribution in [2.24, 2.45) is 0 Å². The van der Waals surface area contributed by atoms with Crippen molar-refractivity contribution in [1.82, 2.24) is 5.32 Å². The van der Waals surface area contributed by atoms with Crippen molar-refractivity contribution < 1.29 is 24.5 Å². The molecule has 0 fully saturated rings. The number of amides is 1. The molecular weight excluding hydrogens is 827 g/mol. The van der Waals surface area contributed by atoms with Crippen molar-refractivity contribution in [2.75, 3.05) is 6.61 Å². The predicted molar refractivity (Wildman–Crippen MR) is 292 cm³/mol. The highest BCUT2D eigenvalue weighted by Gasteiger charge is 2.24. The lowest BCUT2D eigenvalue weighted by Crippen LogP contribution is -2.46. The number of aliphatic hydroxyl groups is 2. The smallest absolute Gasteiger partial charge is 0.306 e. The summed E-state index contributed by atoms with van der Waals surface area (Å²) in [5, 5.41) is 23.9. The molecule has 0 saturated carbocycles. The van der Waals surface area contributed by atoms with Crippen molar-refractivity contribution >= 4 is 11.9 Å². The Morgan fingerprint density at radius 1 is 0.448 bits per heavy atom. The zero-order valence-corrected chi connectivity index (χ0v) is 44.5. The number of unbranched alkanes of at least 4 members (excludes halogenated alkanes) is 30. The lowest BCUT2D eigenvalue weighted by molar-refractivity contribution is -0.151. The van der Waals surface area contributed by atoms with Gasteiger partial charge in [-0.2, -0.15) is 0 Å². The summed E-state index contributed by atoms with van der Waals surface area (Å²) in [5.41, 5.74) is 0. The number of allylic oxidation sites excluding steroid dienone is 10. The van der Waals surface area contributed by atoms with E-state index in [-0.39, 0.29) is 24.9 Å². The summed E-state index contributed by atoms with van der Waals surface area (Å²) >= 11 is 0. The van der Waals surface area contributed by atoms with E-state index in [2.05, 4.69) is 86.8 Å². The van der Waals surface area contributed by atoms with Crippen LogP contribution in [0.15, 0.2) is 60.8 Å². The average Bonchev–Trinajstić information content (AvgIpc) is 3.32. The average molecular weight is 939 g/mol. The van der Waals surface area contributed by atoms with E-state index in [1.165, 1.54) is 161 Å². The minimum absolute atomic E-state index is 0.0402. The third-order valence-corrected chi connectivity index (χ3v) is 13.1. The Kier molecular flexibility index (Phi) is 52.5. The molecule has 0 aromatic heterocycles. The maximum atomic E-state index is 13.3. The molecule has 3 unspecified atom stereocenters. The van der Waals surface area contributed by atoms with Crippen LogP contribution >= 0.6 is 0 Å². The van der Waals surface area contributed by atoms with Crippen LogP contribution in [0.25, 0.3) is 0 Å². The Morgan fingerprint density at radius 2 is 0.806 bits per heavy atom. The molecule has 0 rings (SSSR count). The van der Waals surface area contributed by atoms with Gasteiger partial charge in [0, 0.05) is 6.42 Å². The molecule has 0 heterocycles. The first kappa shape index (κ1) is 64.6. The molecule has 3 atom stereocenters. The van der Waals surface area contributed by atoms with Gasteiger partial charge in [-0.3, -0.25) is 9.59 Å². The zero-order valence-electron chi connectivity index (χ0n) is 44.5. The molecule has 0 aliphatic rings. The van der Waals surface area contributed by atoms with E-state index in [4.69, 9.17) is 4.74 Å². The summed E-state index contributed by atoms with van der Waals surface area (Å²) in [6.45, 7) is 6.38. The van der Waals surface area contributed by atoms with Crippen LogP contribution in [0.1, 0.15) is 290 Å². The molecule has 0 aromatic rings. The van der Waals surface area contributed by atoms with Crippen molar-refractivity contribution in [1.29, 1.82) is 0 Å². The van der Waals surface area contributed by atoms with Gasteiger partial charge < -0.3 is 20.3 Å². The van der Waals surface area contributed by atoms with E-state index in [1.54, 1.807) is 0 Å². The van der Waals surface area contributed by atoms with E-state index >= 15 is 0 Å². The fraction of sp³-hybridized carbons (Fsp3) is 0.803. The summed E-state index contributed by atoms with van der Waals surface area (Å²) in [4.78, 5) is 26.3. The SMILES string of the molecule is CC/C=C\C/C=C\C/C=C\C/C=C\C/C=C\CCCC(CC(=O)NC(CO)C(O)CCCCCCCCCCCCCCCCC)OC(=O)CCCCCCCCCCCCCCCCCC. The van der Waals surface area contributed by atoms with Crippen molar-refractivity contribution in [3.63, 3.8) is 0 Å². The number of ether oxygens (including phenoxy) is 1. The highest BCUT2D eigenvalue weighted by Crippen LogP contribution is 2.18. The molecule has 0 aliphatic carbocycles. The standard InChI is InChI=1S/C61H111NO5/c1-4-7-10-13-16-19-22-25-28-30-32-34-37-40-43-46-49-52-57(67-61(66)54-51-48-45-42-39-36-33-29-26-23-20-17-14-11-8-5-2)55-60(65)62-58(56-63)59(64)53-50-47-44-41-38-35-31-27-24-21-18-15-12-9-6-3/h7,10,16,19,25,28,32,34,40,43,57-59,63-64H,4-6,8-9,11-15,17-18,20-24,26-27,29-31,33,35-39,41-42,44-56H2,1-3H3,(H,62,65)/b10-7-,19-16-,28-25-,34-32-,43-40-. The van der Waals surface area contributed by atoms with E-state index in [9.17, 15) is 19.8 Å². The summed E-state index contributed by atoms with van der Waals surface area (Å²) in [6, 6.07) is -0.720. The largest absolute Gasteiger partial charge is 0.462 e. The van der Waals surface area contributed by atoms with Gasteiger partial charge in [0.25, 0.3) is 0 Å². The Labute approximate surface area is 416 Å². The lowest BCUT2D eigenvalue weighted by Gasteiger charge is -2.24. The number of nitrogens with one attached hydrogen (secondary N) is 1. The second kappa shape index (κ2) is 54.5. The minimum Gasteiger partial charge on any atom is -0.462 e. The summed E-state index contributed by atoms with van der Waals surface area (Å²) in [7, 11) is 0. The molecule has 3 N–H and O–H groups in total. The Bertz CT molecular complexity index is 1190. The van der Waals surface area contributed by atoms with Crippen LogP contribution in [0.3, 0.4) is 0 Å². The van der Waals surface area contributed by atoms with Crippen LogP contribution in [0.5, 0.6) is 0 Å². The number of hydrogen-bond donors (Lipinski definition) is 3. The number of carbonyl (C=O) groups is 2. The molecule has 0 aromatic carbocycles. The molecule has 0 aliphatic heterocycles. The van der Waals surface area contributed by atoms with Crippen LogP contribution in [0, 0.1) is 0 Å². The fourth-order valence-corrected chi connectivity index (χ4v) is 8.76. The topological polar surface area (TPSA) is 95.9 Å². The van der Waals surface area contributed by atoms with E-state index < -0.39 is 18.2 Å². The molecule has 6 heteroatoms. The maximum Gasteiger partial charge on any atom is 0.306 e. The van der Waals surface area contributed by atoms with E-state index in [1.807, 2.05) is 0 Å². The van der Waals surface area contributed by atoms with Crippen LogP contribution in [0.2, 0.25) is 0 Å². The Hall–Kier alpha value is -2.44. The maximum absolute atomic E-state index is 13.3. The van der Waals surface area contributed by atoms with E-state index in [0.717, 1.165) is 83.5 Å². The van der Waals surface area contributed by atoms with Crippen LogP contribution in [0.4, 0.5) is 0 Å². The number of aliphatic hydroxyl groups excluding tert-OH is 2. The van der Waals surface area contributed by atoms with Crippen molar-refractivity contribution in [3.8, 4) is 0 Å². The van der Waals surface area contributed by atoms with Gasteiger partial charge in [-0.15, -0.1) is 0 Å². The normalized spacial score (nSPS) is 13.6. The molecule has 67 heavy (non-hydrogen) atoms. The molecule has 390 valence electrons. The molecule has 0 saturated heterocycles. The summed E-state index contributed by atoms with van der Waals surface area (Å²) in [6.07, 6.45) is 68.6. The van der Waals surface area contributed by atoms with Gasteiger partial charge in [0.15, 0.2) is 0 Å². The Balaban J connectivity index is 4.64. The minimum atomic E-state index is -0.804. The highest BCUT2D eigenvalue weighted by molar-refractivity contribution is 5.77. The summed E-state index contributed by atoms with van der Waals surface area (Å²) < 4.78 is 5.94. The lowest BCUT2D eigenvalue weighted by atomic mass is 10.0. The van der Waals surface area contributed by atoms with Crippen molar-refractivity contribution in [3.05, 3.63) is 60.8 Å². The first-order valence-corrected chi connectivity index (χ1v) is 29.0. The molecular formula is C61H111NO5. The number of carbonyl (C=O) groups excluding carboxylic acids is 2. The third-order valence-electron chi connectivity index (χ3n) is 13.1. The zero-order chi connectivity index (χ0) is 48.8. The highest BCUT2D eigenvalue weighted by atomic mass is 16.5. The molecule has 0 bridgehead atoms. The monoisotopic (exact) mass is 938 g/mol. The van der Waals surface area contributed by atoms with Gasteiger partial charge in [-0.1, -0.05) is 274 Å². The fourth-order valence-electron chi connectivity index (χ4n) is 8.76. The van der Waals surface area contributed by atoms with Gasteiger partial charge in [0.2, 0.25) is 5.91 Å². The van der Waals surface area contributed by atoms with Crippen molar-refractivity contribution in [2.45, 2.75) is 309 Å². The van der Waals surface area contributed by atoms with Gasteiger partial charge in [0.05, 0.1) is 25.2 Å². The van der Waals surface area contributed by atoms with Gasteiger partial charge in [0.1, 0.15) is 6.10 Å². The van der Waals surface area contributed by atoms with Crippen LogP contribution in [-0.4, -0.2) is 46.9 Å². The molecule has 1 amide bonds. The quantitative estimate of drug-likeness (QED) is 0.0321. The second-order valence-corrected chi connectivity index (χ2v) is 19.7. The number of esters is 1. The molecule has 0 radical (unpaired) electrons. The van der Waals surface area contributed by atoms with Crippen LogP contribution < -0.4 is 5.32 Å². The second-order valence-electron chi connectivity index (χ2n) is 19.7. The Morgan fingerprint density at radius 3 is 1.19 bits per heavy atom. The first-order chi connectivity index (χ1) is 33.0. The van der Waals surface area contributed by atoms with Gasteiger partial charge in [-0.25, -0.2) is 0 Å². The molecule has 6 nitrogen and oxygen atoms in total. The van der Waals surface area contributed by atoms with Crippen LogP contribution in [-0.2, 0) is 14.3 Å². The molecule has 0 spiro atoms. The summed E-state index contributed by atoms with van der Waals surface area (Å²) in [5.74, 6) is -0.519. The number of rotatable bonds is 52. The predicted octanol–water partition coefficient (Wildman–Crippen LogP) is 18.0. The van der Waals surface area contributed by atoms with E-state index in [0.29, 0.717) is 19.3 Å². The van der Waals surface area contributed by atoms with Gasteiger partial charge in [-0.05, 0) is 64.2 Å².